The van der Waals surface area contributed by atoms with Crippen molar-refractivity contribution < 1.29 is 32.1 Å². The van der Waals surface area contributed by atoms with E-state index in [1.165, 1.54) is 0 Å². The van der Waals surface area contributed by atoms with Crippen molar-refractivity contribution >= 4 is 5.82 Å². The number of hydrogen-bond donors (Lipinski definition) is 2. The van der Waals surface area contributed by atoms with Crippen LogP contribution in [0.25, 0.3) is 11.3 Å². The molecule has 1 aromatic heterocycles. The topological polar surface area (TPSA) is 90.5 Å². The number of phenolic OH excluding ortho intramolecular Hbond substituents is 1. The molecule has 0 aliphatic carbocycles. The zero-order valence-electron chi connectivity index (χ0n) is 13.2. The highest BCUT2D eigenvalue weighted by Gasteiger charge is 2.47. The van der Waals surface area contributed by atoms with E-state index in [4.69, 9.17) is 15.2 Å². The van der Waals surface area contributed by atoms with E-state index in [9.17, 15) is 22.7 Å². The van der Waals surface area contributed by atoms with Crippen LogP contribution in [0, 0.1) is 5.82 Å². The lowest BCUT2D eigenvalue weighted by atomic mass is 9.90. The number of rotatable bonds is 1. The molecule has 138 valence electrons. The standard InChI is InChI=1S/C16H13F4N3O3/c17-9-3-7(16(18,19)20)4-10(24)11(9)13-8-5-26-15(1-2-25-6-15)12(8)14(21)23-22-13/h3-4,24H,1-2,5-6H2,(H2,21,23). The maximum absolute atomic E-state index is 14.4. The van der Waals surface area contributed by atoms with E-state index < -0.39 is 34.5 Å². The maximum Gasteiger partial charge on any atom is 0.416 e. The Kier molecular flexibility index (Phi) is 3.60. The number of nitrogen functional groups attached to an aromatic ring is 1. The molecule has 1 atom stereocenters. The molecule has 3 heterocycles. The van der Waals surface area contributed by atoms with Crippen LogP contribution in [-0.4, -0.2) is 28.5 Å². The molecule has 1 fully saturated rings. The number of halogens is 4. The Morgan fingerprint density at radius 1 is 1.23 bits per heavy atom. The minimum Gasteiger partial charge on any atom is -0.507 e. The summed E-state index contributed by atoms with van der Waals surface area (Å²) in [6.07, 6.45) is -4.28. The molecule has 1 spiro atoms. The van der Waals surface area contributed by atoms with Crippen LogP contribution < -0.4 is 5.73 Å². The van der Waals surface area contributed by atoms with Gasteiger partial charge in [0.05, 0.1) is 24.3 Å². The van der Waals surface area contributed by atoms with Crippen molar-refractivity contribution in [3.05, 3.63) is 34.6 Å². The fourth-order valence-electron chi connectivity index (χ4n) is 3.47. The van der Waals surface area contributed by atoms with Crippen LogP contribution in [0.4, 0.5) is 23.4 Å². The van der Waals surface area contributed by atoms with Gasteiger partial charge in [0.2, 0.25) is 0 Å². The molecule has 4 rings (SSSR count). The Hall–Kier alpha value is -2.46. The molecule has 3 N–H and O–H groups in total. The van der Waals surface area contributed by atoms with Crippen molar-refractivity contribution in [1.82, 2.24) is 10.2 Å². The van der Waals surface area contributed by atoms with Gasteiger partial charge in [0, 0.05) is 24.2 Å². The van der Waals surface area contributed by atoms with Crippen molar-refractivity contribution in [3.8, 4) is 17.0 Å². The Labute approximate surface area is 144 Å². The predicted octanol–water partition coefficient (Wildman–Crippen LogP) is 2.74. The van der Waals surface area contributed by atoms with E-state index in [0.29, 0.717) is 36.3 Å². The average molecular weight is 371 g/mol. The number of aromatic hydroxyl groups is 1. The van der Waals surface area contributed by atoms with Gasteiger partial charge in [0.25, 0.3) is 0 Å². The molecule has 0 saturated carbocycles. The van der Waals surface area contributed by atoms with Crippen LogP contribution in [0.1, 0.15) is 23.1 Å². The van der Waals surface area contributed by atoms with Gasteiger partial charge >= 0.3 is 6.18 Å². The molecule has 0 bridgehead atoms. The van der Waals surface area contributed by atoms with E-state index in [0.717, 1.165) is 0 Å². The van der Waals surface area contributed by atoms with Crippen molar-refractivity contribution in [2.24, 2.45) is 0 Å². The molecule has 0 amide bonds. The number of aromatic nitrogens is 2. The number of anilines is 1. The summed E-state index contributed by atoms with van der Waals surface area (Å²) < 4.78 is 64.0. The minimum atomic E-state index is -4.79. The van der Waals surface area contributed by atoms with Crippen molar-refractivity contribution in [3.63, 3.8) is 0 Å². The third-order valence-electron chi connectivity index (χ3n) is 4.67. The van der Waals surface area contributed by atoms with Crippen LogP contribution in [0.15, 0.2) is 12.1 Å². The van der Waals surface area contributed by atoms with Crippen LogP contribution in [0.2, 0.25) is 0 Å². The van der Waals surface area contributed by atoms with E-state index >= 15 is 0 Å². The molecule has 0 radical (unpaired) electrons. The summed E-state index contributed by atoms with van der Waals surface area (Å²) >= 11 is 0. The molecule has 1 unspecified atom stereocenters. The first-order valence-corrected chi connectivity index (χ1v) is 7.70. The predicted molar refractivity (Wildman–Crippen MR) is 80.4 cm³/mol. The number of ether oxygens (including phenoxy) is 2. The Bertz CT molecular complexity index is 872. The molecule has 2 aliphatic heterocycles. The number of fused-ring (bicyclic) bond motifs is 2. The van der Waals surface area contributed by atoms with E-state index in [1.807, 2.05) is 0 Å². The largest absolute Gasteiger partial charge is 0.507 e. The van der Waals surface area contributed by atoms with Crippen molar-refractivity contribution in [2.75, 3.05) is 18.9 Å². The SMILES string of the molecule is Nc1nnc(-c2c(O)cc(C(F)(F)F)cc2F)c2c1C1(CCOC1)OC2. The number of hydrogen-bond acceptors (Lipinski definition) is 6. The quantitative estimate of drug-likeness (QED) is 0.749. The first-order valence-electron chi connectivity index (χ1n) is 7.70. The monoisotopic (exact) mass is 371 g/mol. The van der Waals surface area contributed by atoms with Crippen LogP contribution in [-0.2, 0) is 27.9 Å². The van der Waals surface area contributed by atoms with Gasteiger partial charge < -0.3 is 20.3 Å². The highest BCUT2D eigenvalue weighted by molar-refractivity contribution is 5.74. The molecule has 10 heteroatoms. The van der Waals surface area contributed by atoms with Gasteiger partial charge in [-0.05, 0) is 12.1 Å². The number of nitrogens with zero attached hydrogens (tertiary/aromatic N) is 2. The number of benzene rings is 1. The van der Waals surface area contributed by atoms with Gasteiger partial charge in [-0.15, -0.1) is 10.2 Å². The second-order valence-electron chi connectivity index (χ2n) is 6.22. The fourth-order valence-corrected chi connectivity index (χ4v) is 3.47. The summed E-state index contributed by atoms with van der Waals surface area (Å²) in [5.74, 6) is -2.07. The summed E-state index contributed by atoms with van der Waals surface area (Å²) in [4.78, 5) is 0. The number of alkyl halides is 3. The van der Waals surface area contributed by atoms with Gasteiger partial charge in [-0.1, -0.05) is 0 Å². The van der Waals surface area contributed by atoms with Crippen molar-refractivity contribution in [2.45, 2.75) is 24.8 Å². The van der Waals surface area contributed by atoms with Crippen LogP contribution >= 0.6 is 0 Å². The zero-order chi connectivity index (χ0) is 18.7. The molecule has 1 aromatic carbocycles. The summed E-state index contributed by atoms with van der Waals surface area (Å²) in [7, 11) is 0. The molecule has 1 saturated heterocycles. The molecule has 6 nitrogen and oxygen atoms in total. The van der Waals surface area contributed by atoms with Gasteiger partial charge in [0.1, 0.15) is 22.9 Å². The Morgan fingerprint density at radius 3 is 2.62 bits per heavy atom. The fraction of sp³-hybridized carbons (Fsp3) is 0.375. The molecule has 2 aromatic rings. The first-order chi connectivity index (χ1) is 12.2. The summed E-state index contributed by atoms with van der Waals surface area (Å²) in [6.45, 7) is 0.681. The lowest BCUT2D eigenvalue weighted by Gasteiger charge is -2.22. The Morgan fingerprint density at radius 2 is 2.00 bits per heavy atom. The van der Waals surface area contributed by atoms with Gasteiger partial charge in [0.15, 0.2) is 5.82 Å². The third kappa shape index (κ3) is 2.40. The first kappa shape index (κ1) is 17.0. The van der Waals surface area contributed by atoms with Crippen LogP contribution in [0.3, 0.4) is 0 Å². The highest BCUT2D eigenvalue weighted by atomic mass is 19.4. The summed E-state index contributed by atoms with van der Waals surface area (Å²) in [6, 6.07) is 0.761. The number of phenols is 1. The van der Waals surface area contributed by atoms with E-state index in [1.54, 1.807) is 0 Å². The molecular formula is C16H13F4N3O3. The normalized spacial score (nSPS) is 22.2. The summed E-state index contributed by atoms with van der Waals surface area (Å²) in [5, 5.41) is 17.6. The lowest BCUT2D eigenvalue weighted by Crippen LogP contribution is -2.27. The average Bonchev–Trinajstić information content (AvgIpc) is 3.17. The van der Waals surface area contributed by atoms with E-state index in [-0.39, 0.29) is 24.7 Å². The van der Waals surface area contributed by atoms with Gasteiger partial charge in [-0.25, -0.2) is 4.39 Å². The number of nitrogens with two attached hydrogens (primary N) is 1. The molecule has 2 aliphatic rings. The van der Waals surface area contributed by atoms with Gasteiger partial charge in [-0.2, -0.15) is 13.2 Å². The van der Waals surface area contributed by atoms with Gasteiger partial charge in [-0.3, -0.25) is 0 Å². The van der Waals surface area contributed by atoms with Crippen LogP contribution in [0.5, 0.6) is 5.75 Å². The molecular weight excluding hydrogens is 358 g/mol. The third-order valence-corrected chi connectivity index (χ3v) is 4.67. The second-order valence-corrected chi connectivity index (χ2v) is 6.22. The van der Waals surface area contributed by atoms with E-state index in [2.05, 4.69) is 10.2 Å². The molecule has 26 heavy (non-hydrogen) atoms. The van der Waals surface area contributed by atoms with Crippen molar-refractivity contribution in [1.29, 1.82) is 0 Å². The smallest absolute Gasteiger partial charge is 0.416 e. The summed E-state index contributed by atoms with van der Waals surface area (Å²) in [5.41, 5.74) is 4.09. The minimum absolute atomic E-state index is 0.00759. The Balaban J connectivity index is 1.90. The second kappa shape index (κ2) is 5.52. The lowest BCUT2D eigenvalue weighted by molar-refractivity contribution is -0.137. The maximum atomic E-state index is 14.4. The highest BCUT2D eigenvalue weighted by Crippen LogP contribution is 2.48. The zero-order valence-corrected chi connectivity index (χ0v) is 13.2.